The number of sulfone groups is 1. The van der Waals surface area contributed by atoms with Crippen molar-refractivity contribution in [3.8, 4) is 28.4 Å². The Labute approximate surface area is 239 Å². The fourth-order valence-electron chi connectivity index (χ4n) is 5.53. The van der Waals surface area contributed by atoms with E-state index < -0.39 is 15.9 Å². The van der Waals surface area contributed by atoms with Crippen LogP contribution in [-0.4, -0.2) is 65.7 Å². The van der Waals surface area contributed by atoms with Crippen LogP contribution in [0.5, 0.6) is 17.2 Å². The van der Waals surface area contributed by atoms with Crippen molar-refractivity contribution in [3.05, 3.63) is 45.6 Å². The molecule has 1 aliphatic heterocycles. The summed E-state index contributed by atoms with van der Waals surface area (Å²) in [6.45, 7) is 1.81. The lowest BCUT2D eigenvalue weighted by Crippen LogP contribution is -2.35. The summed E-state index contributed by atoms with van der Waals surface area (Å²) >= 11 is 0. The van der Waals surface area contributed by atoms with E-state index in [9.17, 15) is 22.8 Å². The molecule has 11 nitrogen and oxygen atoms in total. The molecule has 222 valence electrons. The maximum atomic E-state index is 13.4. The number of hydrogen-bond acceptors (Lipinski definition) is 9. The highest BCUT2D eigenvalue weighted by Crippen LogP contribution is 2.50. The second kappa shape index (κ2) is 12.8. The van der Waals surface area contributed by atoms with Crippen LogP contribution >= 0.6 is 0 Å². The van der Waals surface area contributed by atoms with Crippen LogP contribution in [0.1, 0.15) is 49.8 Å². The van der Waals surface area contributed by atoms with E-state index in [0.717, 1.165) is 16.7 Å². The minimum Gasteiger partial charge on any atom is -0.493 e. The Hall–Kier alpha value is -3.80. The molecule has 2 aliphatic rings. The molecule has 1 unspecified atom stereocenters. The van der Waals surface area contributed by atoms with Crippen LogP contribution in [-0.2, 0) is 25.8 Å². The summed E-state index contributed by atoms with van der Waals surface area (Å²) in [6.07, 6.45) is 2.24. The van der Waals surface area contributed by atoms with Crippen LogP contribution in [0.2, 0.25) is 0 Å². The van der Waals surface area contributed by atoms with Crippen molar-refractivity contribution in [2.24, 2.45) is 0 Å². The molecule has 1 saturated heterocycles. The molecule has 2 aromatic rings. The zero-order valence-electron chi connectivity index (χ0n) is 23.8. The number of carbonyl (C=O) groups is 2. The lowest BCUT2D eigenvalue weighted by atomic mass is 9.95. The van der Waals surface area contributed by atoms with Crippen LogP contribution in [0.25, 0.3) is 11.1 Å². The molecule has 0 saturated carbocycles. The van der Waals surface area contributed by atoms with Crippen molar-refractivity contribution in [2.75, 3.05) is 44.7 Å². The van der Waals surface area contributed by atoms with Gasteiger partial charge in [-0.3, -0.25) is 14.4 Å². The molecule has 1 heterocycles. The van der Waals surface area contributed by atoms with E-state index in [0.29, 0.717) is 60.7 Å². The van der Waals surface area contributed by atoms with E-state index in [2.05, 4.69) is 16.0 Å². The van der Waals surface area contributed by atoms with E-state index in [1.54, 1.807) is 20.3 Å². The third kappa shape index (κ3) is 6.92. The van der Waals surface area contributed by atoms with Crippen LogP contribution in [0.4, 0.5) is 5.69 Å². The van der Waals surface area contributed by atoms with E-state index in [1.807, 2.05) is 12.1 Å². The Morgan fingerprint density at radius 2 is 1.76 bits per heavy atom. The molecule has 3 N–H and O–H groups in total. The van der Waals surface area contributed by atoms with Gasteiger partial charge < -0.3 is 30.2 Å². The van der Waals surface area contributed by atoms with Gasteiger partial charge in [0, 0.05) is 31.5 Å². The van der Waals surface area contributed by atoms with Crippen molar-refractivity contribution in [1.29, 1.82) is 0 Å². The lowest BCUT2D eigenvalue weighted by molar-refractivity contribution is -0.122. The van der Waals surface area contributed by atoms with E-state index in [4.69, 9.17) is 14.2 Å². The quantitative estimate of drug-likeness (QED) is 0.356. The zero-order valence-corrected chi connectivity index (χ0v) is 24.6. The molecule has 2 atom stereocenters. The molecular weight excluding hydrogens is 550 g/mol. The first-order valence-electron chi connectivity index (χ1n) is 13.6. The molecule has 4 rings (SSSR count). The van der Waals surface area contributed by atoms with Gasteiger partial charge in [-0.15, -0.1) is 0 Å². The van der Waals surface area contributed by atoms with Gasteiger partial charge in [-0.2, -0.15) is 0 Å². The predicted octanol–water partition coefficient (Wildman–Crippen LogP) is 2.36. The normalized spacial score (nSPS) is 18.7. The Balaban J connectivity index is 1.61. The molecule has 0 aromatic heterocycles. The van der Waals surface area contributed by atoms with Crippen molar-refractivity contribution < 1.29 is 32.2 Å². The predicted molar refractivity (Wildman–Crippen MR) is 156 cm³/mol. The minimum absolute atomic E-state index is 0.0201. The number of rotatable bonds is 10. The number of aryl methyl sites for hydroxylation is 1. The molecular formula is C29H37N3O8S. The summed E-state index contributed by atoms with van der Waals surface area (Å²) in [6, 6.07) is 6.21. The summed E-state index contributed by atoms with van der Waals surface area (Å²) in [7, 11) is 1.56. The number of ether oxygens (including phenoxy) is 3. The minimum atomic E-state index is -3.07. The molecule has 2 aromatic carbocycles. The van der Waals surface area contributed by atoms with Gasteiger partial charge in [-0.25, -0.2) is 8.42 Å². The monoisotopic (exact) mass is 587 g/mol. The number of amides is 2. The molecule has 1 fully saturated rings. The third-order valence-electron chi connectivity index (χ3n) is 7.41. The van der Waals surface area contributed by atoms with Crippen LogP contribution in [0.3, 0.4) is 0 Å². The third-order valence-corrected chi connectivity index (χ3v) is 9.18. The summed E-state index contributed by atoms with van der Waals surface area (Å²) in [4.78, 5) is 37.7. The average molecular weight is 588 g/mol. The van der Waals surface area contributed by atoms with Gasteiger partial charge in [-0.1, -0.05) is 6.07 Å². The molecule has 0 spiro atoms. The van der Waals surface area contributed by atoms with Gasteiger partial charge in [0.2, 0.25) is 23.0 Å². The summed E-state index contributed by atoms with van der Waals surface area (Å²) in [5, 5.41) is 8.89. The van der Waals surface area contributed by atoms with Crippen molar-refractivity contribution in [3.63, 3.8) is 0 Å². The SMILES string of the molecule is COc1cc2c(c(OC)c1OC)-c1ccc(NCCCC(=O)NC3CCS(=O)(=O)C3)c(=O)cc1[C@@H](NC(C)=O)CC2. The molecule has 12 heteroatoms. The first-order chi connectivity index (χ1) is 19.6. The number of hydrogen-bond donors (Lipinski definition) is 3. The standard InChI is InChI=1S/C29H37N3O8S/c1-17(33)31-22-9-7-18-14-25(38-2)28(39-3)29(40-4)27(18)20-8-10-23(24(34)15-21(20)22)30-12-5-6-26(35)32-19-11-13-41(36,37)16-19/h8,10,14-15,19,22H,5-7,9,11-13,16H2,1-4H3,(H,30,34)(H,31,33)(H,32,35)/t19?,22-/m0/s1. The Kier molecular flexibility index (Phi) is 9.42. The summed E-state index contributed by atoms with van der Waals surface area (Å²) in [5.74, 6) is 1.08. The van der Waals surface area contributed by atoms with Crippen molar-refractivity contribution >= 4 is 27.3 Å². The lowest BCUT2D eigenvalue weighted by Gasteiger charge is -2.19. The van der Waals surface area contributed by atoms with Crippen LogP contribution < -0.4 is 35.6 Å². The highest BCUT2D eigenvalue weighted by atomic mass is 32.2. The maximum absolute atomic E-state index is 13.4. The maximum Gasteiger partial charge on any atom is 0.220 e. The number of nitrogens with one attached hydrogen (secondary N) is 3. The molecule has 2 amide bonds. The number of methoxy groups -OCH3 is 3. The van der Waals surface area contributed by atoms with Gasteiger partial charge in [0.05, 0.1) is 44.6 Å². The van der Waals surface area contributed by atoms with Gasteiger partial charge in [-0.05, 0) is 60.6 Å². The largest absolute Gasteiger partial charge is 0.493 e. The topological polar surface area (TPSA) is 149 Å². The number of benzene rings is 1. The second-order valence-corrected chi connectivity index (χ2v) is 12.5. The first-order valence-corrected chi connectivity index (χ1v) is 15.4. The van der Waals surface area contributed by atoms with E-state index >= 15 is 0 Å². The average Bonchev–Trinajstić information content (AvgIpc) is 3.09. The van der Waals surface area contributed by atoms with Gasteiger partial charge in [0.25, 0.3) is 0 Å². The Morgan fingerprint density at radius 3 is 2.39 bits per heavy atom. The Morgan fingerprint density at radius 1 is 1.00 bits per heavy atom. The van der Waals surface area contributed by atoms with Gasteiger partial charge in [0.15, 0.2) is 21.3 Å². The fraction of sp³-hybridized carbons (Fsp3) is 0.483. The van der Waals surface area contributed by atoms with Crippen molar-refractivity contribution in [2.45, 2.75) is 51.1 Å². The highest BCUT2D eigenvalue weighted by molar-refractivity contribution is 7.91. The molecule has 1 aliphatic carbocycles. The van der Waals surface area contributed by atoms with Crippen LogP contribution in [0, 0.1) is 0 Å². The highest BCUT2D eigenvalue weighted by Gasteiger charge is 2.30. The summed E-state index contributed by atoms with van der Waals surface area (Å²) in [5.41, 5.74) is 3.18. The zero-order chi connectivity index (χ0) is 29.7. The molecule has 0 bridgehead atoms. The number of fused-ring (bicyclic) bond motifs is 3. The van der Waals surface area contributed by atoms with E-state index in [-0.39, 0.29) is 41.2 Å². The van der Waals surface area contributed by atoms with E-state index in [1.165, 1.54) is 20.1 Å². The second-order valence-electron chi connectivity index (χ2n) is 10.3. The first kappa shape index (κ1) is 30.2. The smallest absolute Gasteiger partial charge is 0.220 e. The van der Waals surface area contributed by atoms with Gasteiger partial charge in [0.1, 0.15) is 0 Å². The number of carbonyl (C=O) groups excluding carboxylic acids is 2. The van der Waals surface area contributed by atoms with Gasteiger partial charge >= 0.3 is 0 Å². The summed E-state index contributed by atoms with van der Waals surface area (Å²) < 4.78 is 40.2. The fourth-order valence-corrected chi connectivity index (χ4v) is 7.21. The molecule has 41 heavy (non-hydrogen) atoms. The van der Waals surface area contributed by atoms with Crippen LogP contribution in [0.15, 0.2) is 29.1 Å². The number of anilines is 1. The van der Waals surface area contributed by atoms with Crippen molar-refractivity contribution in [1.82, 2.24) is 10.6 Å². The molecule has 0 radical (unpaired) electrons. The Bertz CT molecular complexity index is 1490.